The molecule has 0 spiro atoms. The molecule has 2 heterocycles. The summed E-state index contributed by atoms with van der Waals surface area (Å²) in [4.78, 5) is 9.74. The van der Waals surface area contributed by atoms with E-state index in [2.05, 4.69) is 36.1 Å². The first-order valence-electron chi connectivity index (χ1n) is 6.65. The minimum Gasteiger partial charge on any atom is -0.450 e. The summed E-state index contributed by atoms with van der Waals surface area (Å²) in [5, 5.41) is 3.35. The summed E-state index contributed by atoms with van der Waals surface area (Å²) in [5.74, 6) is 0. The first-order chi connectivity index (χ1) is 9.44. The largest absolute Gasteiger partial charge is 0.450 e. The van der Waals surface area contributed by atoms with Gasteiger partial charge >= 0.3 is 6.08 Å². The third-order valence-electron chi connectivity index (χ3n) is 2.73. The fourth-order valence-electron chi connectivity index (χ4n) is 1.59. The maximum Gasteiger partial charge on any atom is 0.393 e. The molecule has 0 atom stereocenters. The van der Waals surface area contributed by atoms with Crippen LogP contribution in [0.5, 0.6) is 6.08 Å². The second-order valence-electron chi connectivity index (χ2n) is 5.67. The van der Waals surface area contributed by atoms with E-state index in [1.165, 1.54) is 4.88 Å². The van der Waals surface area contributed by atoms with Crippen LogP contribution in [0.2, 0.25) is 0 Å². The number of aryl methyl sites for hydroxylation is 1. The van der Waals surface area contributed by atoms with Crippen LogP contribution >= 0.6 is 11.3 Å². The minimum atomic E-state index is 0.0592. The zero-order valence-electron chi connectivity index (χ0n) is 12.4. The molecule has 0 aromatic carbocycles. The quantitative estimate of drug-likeness (QED) is 0.888. The van der Waals surface area contributed by atoms with Crippen LogP contribution in [-0.2, 0) is 13.0 Å². The Morgan fingerprint density at radius 3 is 2.85 bits per heavy atom. The summed E-state index contributed by atoms with van der Waals surface area (Å²) in [6.07, 6.45) is 2.79. The molecule has 6 heteroatoms. The number of nitrogens with one attached hydrogen (secondary N) is 1. The van der Waals surface area contributed by atoms with E-state index in [9.17, 15) is 0 Å². The third kappa shape index (κ3) is 4.61. The Kier molecular flexibility index (Phi) is 4.77. The van der Waals surface area contributed by atoms with Gasteiger partial charge in [0.05, 0.1) is 23.5 Å². The lowest BCUT2D eigenvalue weighted by molar-refractivity contribution is 0.233. The summed E-state index contributed by atoms with van der Waals surface area (Å²) in [5.41, 5.74) is 3.83. The smallest absolute Gasteiger partial charge is 0.393 e. The van der Waals surface area contributed by atoms with Gasteiger partial charge in [0.15, 0.2) is 0 Å². The Bertz CT molecular complexity index is 543. The van der Waals surface area contributed by atoms with Crippen molar-refractivity contribution in [3.8, 4) is 6.08 Å². The van der Waals surface area contributed by atoms with Crippen molar-refractivity contribution in [3.05, 3.63) is 28.0 Å². The molecule has 0 saturated heterocycles. The molecule has 0 amide bonds. The average molecular weight is 295 g/mol. The normalized spacial score (nSPS) is 11.8. The number of hydrogen-bond acceptors (Lipinski definition) is 6. The molecule has 0 radical (unpaired) electrons. The minimum absolute atomic E-state index is 0.0592. The Morgan fingerprint density at radius 1 is 1.40 bits per heavy atom. The first-order valence-corrected chi connectivity index (χ1v) is 7.53. The summed E-state index contributed by atoms with van der Waals surface area (Å²) < 4.78 is 10.8. The van der Waals surface area contributed by atoms with Gasteiger partial charge < -0.3 is 14.5 Å². The second kappa shape index (κ2) is 6.37. The summed E-state index contributed by atoms with van der Waals surface area (Å²) in [7, 11) is 0. The van der Waals surface area contributed by atoms with Crippen molar-refractivity contribution >= 4 is 11.3 Å². The number of nitrogens with zero attached hydrogens (tertiary/aromatic N) is 2. The van der Waals surface area contributed by atoms with Crippen molar-refractivity contribution in [3.63, 3.8) is 0 Å². The molecule has 0 fully saturated rings. The van der Waals surface area contributed by atoms with E-state index >= 15 is 0 Å². The van der Waals surface area contributed by atoms with Gasteiger partial charge in [-0.1, -0.05) is 0 Å². The van der Waals surface area contributed by atoms with Gasteiger partial charge in [-0.2, -0.15) is 4.98 Å². The Hall–Kier alpha value is -1.40. The lowest BCUT2D eigenvalue weighted by Gasteiger charge is -2.19. The molecule has 0 aliphatic heterocycles. The van der Waals surface area contributed by atoms with Gasteiger partial charge in [0.25, 0.3) is 0 Å². The van der Waals surface area contributed by atoms with E-state index in [-0.39, 0.29) is 5.54 Å². The Morgan fingerprint density at radius 2 is 2.20 bits per heavy atom. The lowest BCUT2D eigenvalue weighted by Crippen LogP contribution is -2.35. The van der Waals surface area contributed by atoms with E-state index in [1.54, 1.807) is 17.6 Å². The van der Waals surface area contributed by atoms with Crippen molar-refractivity contribution in [2.45, 2.75) is 46.2 Å². The molecule has 2 rings (SSSR count). The number of hydrogen-bond donors (Lipinski definition) is 1. The SMILES string of the molecule is Cc1ncsc1CCOc1nc(CNC(C)(C)C)co1. The highest BCUT2D eigenvalue weighted by molar-refractivity contribution is 7.09. The van der Waals surface area contributed by atoms with Gasteiger partial charge in [0.2, 0.25) is 0 Å². The predicted molar refractivity (Wildman–Crippen MR) is 79.1 cm³/mol. The second-order valence-corrected chi connectivity index (χ2v) is 6.61. The molecule has 0 bridgehead atoms. The van der Waals surface area contributed by atoms with E-state index < -0.39 is 0 Å². The van der Waals surface area contributed by atoms with Crippen molar-refractivity contribution in [2.75, 3.05) is 6.61 Å². The first kappa shape index (κ1) is 15.0. The van der Waals surface area contributed by atoms with Crippen LogP contribution < -0.4 is 10.1 Å². The summed E-state index contributed by atoms with van der Waals surface area (Å²) in [6, 6.07) is 0. The molecule has 20 heavy (non-hydrogen) atoms. The molecule has 0 aliphatic carbocycles. The van der Waals surface area contributed by atoms with E-state index in [0.717, 1.165) is 17.8 Å². The van der Waals surface area contributed by atoms with Crippen LogP contribution in [0.15, 0.2) is 16.2 Å². The van der Waals surface area contributed by atoms with E-state index in [0.29, 0.717) is 19.2 Å². The fraction of sp³-hybridized carbons (Fsp3) is 0.571. The molecular formula is C14H21N3O2S. The number of oxazole rings is 1. The van der Waals surface area contributed by atoms with E-state index in [4.69, 9.17) is 9.15 Å². The van der Waals surface area contributed by atoms with Gasteiger partial charge in [0, 0.05) is 23.4 Å². The van der Waals surface area contributed by atoms with Gasteiger partial charge in [-0.3, -0.25) is 0 Å². The Balaban J connectivity index is 1.77. The summed E-state index contributed by atoms with van der Waals surface area (Å²) >= 11 is 1.65. The molecule has 2 aromatic heterocycles. The van der Waals surface area contributed by atoms with Crippen molar-refractivity contribution in [2.24, 2.45) is 0 Å². The monoisotopic (exact) mass is 295 g/mol. The van der Waals surface area contributed by atoms with E-state index in [1.807, 2.05) is 12.4 Å². The van der Waals surface area contributed by atoms with Crippen LogP contribution in [0.25, 0.3) is 0 Å². The molecule has 1 N–H and O–H groups in total. The zero-order chi connectivity index (χ0) is 14.6. The molecule has 0 aliphatic rings. The Labute approximate surface area is 123 Å². The third-order valence-corrected chi connectivity index (χ3v) is 3.72. The van der Waals surface area contributed by atoms with Crippen LogP contribution in [-0.4, -0.2) is 22.1 Å². The van der Waals surface area contributed by atoms with Gasteiger partial charge in [-0.25, -0.2) is 4.98 Å². The van der Waals surface area contributed by atoms with Gasteiger partial charge in [-0.05, 0) is 27.7 Å². The predicted octanol–water partition coefficient (Wildman–Crippen LogP) is 2.95. The number of thiazole rings is 1. The van der Waals surface area contributed by atoms with Crippen molar-refractivity contribution < 1.29 is 9.15 Å². The van der Waals surface area contributed by atoms with Gasteiger partial charge in [-0.15, -0.1) is 11.3 Å². The summed E-state index contributed by atoms with van der Waals surface area (Å²) in [6.45, 7) is 9.57. The van der Waals surface area contributed by atoms with Crippen LogP contribution in [0, 0.1) is 6.92 Å². The lowest BCUT2D eigenvalue weighted by atomic mass is 10.1. The van der Waals surface area contributed by atoms with Crippen molar-refractivity contribution in [1.29, 1.82) is 0 Å². The topological polar surface area (TPSA) is 60.2 Å². The average Bonchev–Trinajstić information content (AvgIpc) is 2.96. The maximum atomic E-state index is 5.52. The molecule has 2 aromatic rings. The van der Waals surface area contributed by atoms with Crippen LogP contribution in [0.4, 0.5) is 0 Å². The van der Waals surface area contributed by atoms with Crippen LogP contribution in [0.3, 0.4) is 0 Å². The number of rotatable bonds is 6. The molecule has 0 unspecified atom stereocenters. The maximum absolute atomic E-state index is 5.52. The molecule has 0 saturated carbocycles. The van der Waals surface area contributed by atoms with Gasteiger partial charge in [0.1, 0.15) is 6.26 Å². The zero-order valence-corrected chi connectivity index (χ0v) is 13.2. The highest BCUT2D eigenvalue weighted by Gasteiger charge is 2.11. The van der Waals surface area contributed by atoms with Crippen LogP contribution in [0.1, 0.15) is 37.0 Å². The molecular weight excluding hydrogens is 274 g/mol. The molecule has 5 nitrogen and oxygen atoms in total. The highest BCUT2D eigenvalue weighted by Crippen LogP contribution is 2.15. The molecule has 110 valence electrons. The standard InChI is InChI=1S/C14H21N3O2S/c1-10-12(20-9-15-10)5-6-18-13-17-11(8-19-13)7-16-14(2,3)4/h8-9,16H,5-7H2,1-4H3. The fourth-order valence-corrected chi connectivity index (χ4v) is 2.35. The number of ether oxygens (including phenoxy) is 1. The highest BCUT2D eigenvalue weighted by atomic mass is 32.1. The van der Waals surface area contributed by atoms with Crippen molar-refractivity contribution in [1.82, 2.24) is 15.3 Å². The number of aromatic nitrogens is 2.